The number of nitrogens with one attached hydrogen (secondary N) is 5. The molecule has 4 atom stereocenters. The summed E-state index contributed by atoms with van der Waals surface area (Å²) >= 11 is 0. The predicted octanol–water partition coefficient (Wildman–Crippen LogP) is -0.967. The van der Waals surface area contributed by atoms with Gasteiger partial charge in [0, 0.05) is 6.42 Å². The van der Waals surface area contributed by atoms with Gasteiger partial charge >= 0.3 is 0 Å². The Hall–Kier alpha value is -5.47. The van der Waals surface area contributed by atoms with Crippen molar-refractivity contribution in [2.75, 3.05) is 6.54 Å². The largest absolute Gasteiger partial charge is 0.508 e. The lowest BCUT2D eigenvalue weighted by atomic mass is 10.1. The second-order valence-electron chi connectivity index (χ2n) is 10.7. The molecule has 46 heavy (non-hydrogen) atoms. The van der Waals surface area contributed by atoms with Crippen LogP contribution in [0.1, 0.15) is 23.6 Å². The maximum Gasteiger partial charge on any atom is 0.261 e. The molecule has 0 saturated heterocycles. The molecule has 0 aromatic heterocycles. The summed E-state index contributed by atoms with van der Waals surface area (Å²) in [6, 6.07) is 17.1. The standard InChI is InChI=1S/C32H39N7O7/c1-19(36-30(44)25(33)15-21-7-11-23(40)12-8-21)29(43)35-18-28(42)37-27(17-20-5-3-2-4-6-20)32(46)39-38-31(45)26(34)16-22-9-13-24(41)14-10-22/h2-14,19,25-27,40-41H,15-18,33-34H2,1H3,(H,35,43)(H,36,44)(H,37,42)(H,38,45)(H,39,46)/t19-,25+,26+,27+/m1/s1. The maximum atomic E-state index is 13.0. The zero-order chi connectivity index (χ0) is 33.6. The van der Waals surface area contributed by atoms with E-state index in [0.29, 0.717) is 5.56 Å². The number of hydrogen-bond acceptors (Lipinski definition) is 9. The van der Waals surface area contributed by atoms with Crippen molar-refractivity contribution < 1.29 is 34.2 Å². The summed E-state index contributed by atoms with van der Waals surface area (Å²) in [6.07, 6.45) is 0.404. The van der Waals surface area contributed by atoms with Crippen LogP contribution < -0.4 is 38.3 Å². The summed E-state index contributed by atoms with van der Waals surface area (Å²) in [7, 11) is 0. The molecule has 0 radical (unpaired) electrons. The number of nitrogens with two attached hydrogens (primary N) is 2. The van der Waals surface area contributed by atoms with Crippen molar-refractivity contribution in [1.29, 1.82) is 0 Å². The maximum absolute atomic E-state index is 13.0. The molecule has 11 N–H and O–H groups in total. The average molecular weight is 634 g/mol. The van der Waals surface area contributed by atoms with Gasteiger partial charge in [-0.2, -0.15) is 0 Å². The van der Waals surface area contributed by atoms with Crippen LogP contribution in [0.4, 0.5) is 0 Å². The molecule has 14 nitrogen and oxygen atoms in total. The van der Waals surface area contributed by atoms with Crippen LogP contribution in [0.25, 0.3) is 0 Å². The highest BCUT2D eigenvalue weighted by atomic mass is 16.3. The Kier molecular flexibility index (Phi) is 13.0. The molecule has 3 aromatic rings. The van der Waals surface area contributed by atoms with Gasteiger partial charge in [0.15, 0.2) is 0 Å². The average Bonchev–Trinajstić information content (AvgIpc) is 3.04. The highest BCUT2D eigenvalue weighted by Crippen LogP contribution is 2.12. The number of amides is 5. The van der Waals surface area contributed by atoms with Crippen molar-refractivity contribution in [3.63, 3.8) is 0 Å². The number of rotatable bonds is 14. The van der Waals surface area contributed by atoms with Gasteiger partial charge in [0.25, 0.3) is 11.8 Å². The van der Waals surface area contributed by atoms with Gasteiger partial charge in [-0.15, -0.1) is 0 Å². The zero-order valence-corrected chi connectivity index (χ0v) is 25.2. The number of carbonyl (C=O) groups excluding carboxylic acids is 5. The minimum absolute atomic E-state index is 0.0734. The fraction of sp³-hybridized carbons (Fsp3) is 0.281. The van der Waals surface area contributed by atoms with Gasteiger partial charge in [0.2, 0.25) is 17.7 Å². The number of hydrazine groups is 1. The molecule has 0 aliphatic heterocycles. The summed E-state index contributed by atoms with van der Waals surface area (Å²) in [5.41, 5.74) is 18.6. The summed E-state index contributed by atoms with van der Waals surface area (Å²) in [5.74, 6) is -3.16. The first-order valence-electron chi connectivity index (χ1n) is 14.5. The second kappa shape index (κ2) is 17.1. The molecule has 3 aromatic carbocycles. The van der Waals surface area contributed by atoms with Crippen LogP contribution in [0.5, 0.6) is 11.5 Å². The first-order valence-corrected chi connectivity index (χ1v) is 14.5. The molecule has 3 rings (SSSR count). The molecule has 0 fully saturated rings. The highest BCUT2D eigenvalue weighted by Gasteiger charge is 2.25. The Morgan fingerprint density at radius 2 is 1.09 bits per heavy atom. The molecule has 0 aliphatic rings. The monoisotopic (exact) mass is 633 g/mol. The van der Waals surface area contributed by atoms with E-state index < -0.39 is 60.2 Å². The first-order chi connectivity index (χ1) is 21.9. The van der Waals surface area contributed by atoms with E-state index in [1.54, 1.807) is 54.6 Å². The summed E-state index contributed by atoms with van der Waals surface area (Å²) in [6.45, 7) is 0.931. The molecule has 0 unspecified atom stereocenters. The molecule has 5 amide bonds. The Morgan fingerprint density at radius 3 is 1.63 bits per heavy atom. The van der Waals surface area contributed by atoms with E-state index in [-0.39, 0.29) is 30.8 Å². The van der Waals surface area contributed by atoms with Gasteiger partial charge in [0.05, 0.1) is 18.6 Å². The van der Waals surface area contributed by atoms with Gasteiger partial charge in [-0.3, -0.25) is 34.8 Å². The normalized spacial score (nSPS) is 13.3. The highest BCUT2D eigenvalue weighted by molar-refractivity contribution is 5.93. The van der Waals surface area contributed by atoms with E-state index in [4.69, 9.17) is 11.5 Å². The minimum Gasteiger partial charge on any atom is -0.508 e. The number of carbonyl (C=O) groups is 5. The predicted molar refractivity (Wildman–Crippen MR) is 169 cm³/mol. The third-order valence-corrected chi connectivity index (χ3v) is 6.88. The van der Waals surface area contributed by atoms with E-state index in [2.05, 4.69) is 26.8 Å². The Bertz CT molecular complexity index is 1480. The van der Waals surface area contributed by atoms with E-state index in [1.165, 1.54) is 31.2 Å². The molecule has 0 aliphatic carbocycles. The molecule has 0 bridgehead atoms. The van der Waals surface area contributed by atoms with Gasteiger partial charge in [-0.25, -0.2) is 0 Å². The first kappa shape index (κ1) is 35.0. The molecule has 0 spiro atoms. The second-order valence-corrected chi connectivity index (χ2v) is 10.7. The minimum atomic E-state index is -1.13. The number of hydrogen-bond donors (Lipinski definition) is 9. The van der Waals surface area contributed by atoms with Crippen LogP contribution in [0.3, 0.4) is 0 Å². The van der Waals surface area contributed by atoms with E-state index >= 15 is 0 Å². The summed E-state index contributed by atoms with van der Waals surface area (Å²) < 4.78 is 0. The van der Waals surface area contributed by atoms with Crippen molar-refractivity contribution in [2.45, 2.75) is 50.4 Å². The summed E-state index contributed by atoms with van der Waals surface area (Å²) in [5, 5.41) is 26.3. The van der Waals surface area contributed by atoms with Crippen LogP contribution in [0, 0.1) is 0 Å². The Balaban J connectivity index is 1.50. The van der Waals surface area contributed by atoms with Gasteiger partial charge in [0.1, 0.15) is 23.6 Å². The smallest absolute Gasteiger partial charge is 0.261 e. The van der Waals surface area contributed by atoms with E-state index in [0.717, 1.165) is 11.1 Å². The topological polar surface area (TPSA) is 238 Å². The van der Waals surface area contributed by atoms with Crippen molar-refractivity contribution >= 4 is 29.5 Å². The Labute approximate surface area is 265 Å². The van der Waals surface area contributed by atoms with Crippen LogP contribution in [-0.4, -0.2) is 70.5 Å². The number of aromatic hydroxyl groups is 2. The lowest BCUT2D eigenvalue weighted by Gasteiger charge is -2.21. The van der Waals surface area contributed by atoms with Gasteiger partial charge in [-0.05, 0) is 60.7 Å². The molecule has 0 saturated carbocycles. The van der Waals surface area contributed by atoms with Gasteiger partial charge < -0.3 is 37.6 Å². The molecular weight excluding hydrogens is 594 g/mol. The van der Waals surface area contributed by atoms with E-state index in [9.17, 15) is 34.2 Å². The SMILES string of the molecule is C[C@@H](NC(=O)[C@@H](N)Cc1ccc(O)cc1)C(=O)NCC(=O)N[C@@H](Cc1ccccc1)C(=O)NNC(=O)[C@@H](N)Cc1ccc(O)cc1. The van der Waals surface area contributed by atoms with Crippen molar-refractivity contribution in [2.24, 2.45) is 11.5 Å². The van der Waals surface area contributed by atoms with Crippen molar-refractivity contribution in [3.8, 4) is 11.5 Å². The third kappa shape index (κ3) is 11.6. The number of phenols is 2. The summed E-state index contributed by atoms with van der Waals surface area (Å²) in [4.78, 5) is 63.3. The molecule has 0 heterocycles. The quantitative estimate of drug-likeness (QED) is 0.0992. The Morgan fingerprint density at radius 1 is 0.609 bits per heavy atom. The fourth-order valence-electron chi connectivity index (χ4n) is 4.27. The van der Waals surface area contributed by atoms with Crippen LogP contribution in [-0.2, 0) is 43.2 Å². The zero-order valence-electron chi connectivity index (χ0n) is 25.2. The van der Waals surface area contributed by atoms with Gasteiger partial charge in [-0.1, -0.05) is 54.6 Å². The number of benzene rings is 3. The van der Waals surface area contributed by atoms with Crippen LogP contribution >= 0.6 is 0 Å². The lowest BCUT2D eigenvalue weighted by molar-refractivity contribution is -0.133. The van der Waals surface area contributed by atoms with Crippen LogP contribution in [0.15, 0.2) is 78.9 Å². The van der Waals surface area contributed by atoms with E-state index in [1.807, 2.05) is 0 Å². The lowest BCUT2D eigenvalue weighted by Crippen LogP contribution is -2.57. The van der Waals surface area contributed by atoms with Crippen molar-refractivity contribution in [3.05, 3.63) is 95.6 Å². The fourth-order valence-corrected chi connectivity index (χ4v) is 4.27. The van der Waals surface area contributed by atoms with Crippen molar-refractivity contribution in [1.82, 2.24) is 26.8 Å². The third-order valence-electron chi connectivity index (χ3n) is 6.88. The molecule has 244 valence electrons. The molecular formula is C32H39N7O7. The number of phenolic OH excluding ortho intramolecular Hbond substituents is 2. The van der Waals surface area contributed by atoms with Crippen LogP contribution in [0.2, 0.25) is 0 Å². The molecule has 14 heteroatoms.